The van der Waals surface area contributed by atoms with Gasteiger partial charge in [-0.2, -0.15) is 0 Å². The summed E-state index contributed by atoms with van der Waals surface area (Å²) in [5, 5.41) is 13.5. The van der Waals surface area contributed by atoms with Gasteiger partial charge in [0.2, 0.25) is 0 Å². The summed E-state index contributed by atoms with van der Waals surface area (Å²) in [5.74, 6) is -0.369. The van der Waals surface area contributed by atoms with Crippen molar-refractivity contribution in [3.8, 4) is 0 Å². The Morgan fingerprint density at radius 2 is 1.90 bits per heavy atom. The minimum atomic E-state index is -0.555. The Morgan fingerprint density at radius 1 is 1.24 bits per heavy atom. The maximum Gasteiger partial charge on any atom is 0.270 e. The second kappa shape index (κ2) is 6.37. The number of nitro benzene ring substituents is 1. The summed E-state index contributed by atoms with van der Waals surface area (Å²) in [6, 6.07) is 13.1. The van der Waals surface area contributed by atoms with E-state index in [0.29, 0.717) is 0 Å². The van der Waals surface area contributed by atoms with Crippen molar-refractivity contribution in [3.05, 3.63) is 74.8 Å². The molecule has 1 N–H and O–H groups in total. The molecule has 5 nitrogen and oxygen atoms in total. The first-order valence-electron chi connectivity index (χ1n) is 6.29. The van der Waals surface area contributed by atoms with E-state index in [1.807, 2.05) is 37.3 Å². The van der Waals surface area contributed by atoms with Gasteiger partial charge < -0.3 is 5.32 Å². The van der Waals surface area contributed by atoms with Crippen molar-refractivity contribution in [1.82, 2.24) is 5.32 Å². The first-order chi connectivity index (χ1) is 9.99. The summed E-state index contributed by atoms with van der Waals surface area (Å²) < 4.78 is 0. The Morgan fingerprint density at radius 3 is 2.48 bits per heavy atom. The van der Waals surface area contributed by atoms with Crippen molar-refractivity contribution in [3.63, 3.8) is 0 Å². The molecule has 0 heterocycles. The van der Waals surface area contributed by atoms with Gasteiger partial charge in [-0.3, -0.25) is 14.9 Å². The number of nitro groups is 1. The number of rotatable bonds is 4. The fourth-order valence-electron chi connectivity index (χ4n) is 1.90. The highest BCUT2D eigenvalue weighted by atomic mass is 35.5. The van der Waals surface area contributed by atoms with Crippen LogP contribution in [0.2, 0.25) is 5.02 Å². The normalized spacial score (nSPS) is 11.7. The van der Waals surface area contributed by atoms with Crippen LogP contribution >= 0.6 is 11.6 Å². The van der Waals surface area contributed by atoms with Gasteiger partial charge in [-0.1, -0.05) is 41.9 Å². The van der Waals surface area contributed by atoms with Crippen LogP contribution in [0.25, 0.3) is 0 Å². The summed E-state index contributed by atoms with van der Waals surface area (Å²) in [6.45, 7) is 1.85. The van der Waals surface area contributed by atoms with Crippen LogP contribution in [0.5, 0.6) is 0 Å². The van der Waals surface area contributed by atoms with Crippen LogP contribution in [-0.2, 0) is 0 Å². The summed E-state index contributed by atoms with van der Waals surface area (Å²) in [6.07, 6.45) is 0. The number of carbonyl (C=O) groups is 1. The number of halogens is 1. The molecule has 2 aromatic rings. The topological polar surface area (TPSA) is 72.2 Å². The molecule has 1 unspecified atom stereocenters. The van der Waals surface area contributed by atoms with Crippen LogP contribution in [0.1, 0.15) is 28.9 Å². The van der Waals surface area contributed by atoms with Crippen molar-refractivity contribution >= 4 is 23.2 Å². The molecule has 108 valence electrons. The lowest BCUT2D eigenvalue weighted by Gasteiger charge is -2.14. The summed E-state index contributed by atoms with van der Waals surface area (Å²) in [4.78, 5) is 22.3. The number of non-ortho nitro benzene ring substituents is 1. The first kappa shape index (κ1) is 15.0. The Labute approximate surface area is 126 Å². The molecule has 0 aliphatic heterocycles. The molecule has 0 spiro atoms. The second-order valence-electron chi connectivity index (χ2n) is 4.53. The highest BCUT2D eigenvalue weighted by molar-refractivity contribution is 6.34. The van der Waals surface area contributed by atoms with E-state index in [9.17, 15) is 14.9 Å². The van der Waals surface area contributed by atoms with E-state index in [-0.39, 0.29) is 28.2 Å². The molecular formula is C15H13ClN2O3. The lowest BCUT2D eigenvalue weighted by Crippen LogP contribution is -2.26. The minimum Gasteiger partial charge on any atom is -0.345 e. The molecule has 0 fully saturated rings. The molecule has 2 aromatic carbocycles. The van der Waals surface area contributed by atoms with Gasteiger partial charge in [0.05, 0.1) is 21.6 Å². The zero-order valence-electron chi connectivity index (χ0n) is 11.2. The average Bonchev–Trinajstić information content (AvgIpc) is 2.47. The zero-order chi connectivity index (χ0) is 15.4. The highest BCUT2D eigenvalue weighted by Gasteiger charge is 2.17. The standard InChI is InChI=1S/C15H13ClN2O3/c1-10(11-5-3-2-4-6-11)17-15(19)13-8-7-12(18(20)21)9-14(13)16/h2-10H,1H3,(H,17,19). The Bertz CT molecular complexity index is 674. The molecular weight excluding hydrogens is 292 g/mol. The third-order valence-corrected chi connectivity index (χ3v) is 3.37. The number of benzene rings is 2. The predicted molar refractivity (Wildman–Crippen MR) is 80.4 cm³/mol. The van der Waals surface area contributed by atoms with E-state index in [1.54, 1.807) is 0 Å². The van der Waals surface area contributed by atoms with Crippen molar-refractivity contribution in [2.45, 2.75) is 13.0 Å². The molecule has 0 bridgehead atoms. The Hall–Kier alpha value is -2.40. The third kappa shape index (κ3) is 3.58. The van der Waals surface area contributed by atoms with Crippen molar-refractivity contribution in [1.29, 1.82) is 0 Å². The Balaban J connectivity index is 2.15. The van der Waals surface area contributed by atoms with Crippen LogP contribution in [0.3, 0.4) is 0 Å². The molecule has 0 aromatic heterocycles. The number of nitrogens with one attached hydrogen (secondary N) is 1. The number of amides is 1. The predicted octanol–water partition coefficient (Wildman–Crippen LogP) is 3.74. The van der Waals surface area contributed by atoms with Crippen LogP contribution in [0, 0.1) is 10.1 Å². The average molecular weight is 305 g/mol. The van der Waals surface area contributed by atoms with Crippen LogP contribution in [-0.4, -0.2) is 10.8 Å². The second-order valence-corrected chi connectivity index (χ2v) is 4.93. The summed E-state index contributed by atoms with van der Waals surface area (Å²) >= 11 is 5.93. The van der Waals surface area contributed by atoms with Crippen LogP contribution in [0.15, 0.2) is 48.5 Å². The zero-order valence-corrected chi connectivity index (χ0v) is 12.0. The smallest absolute Gasteiger partial charge is 0.270 e. The maximum atomic E-state index is 12.2. The van der Waals surface area contributed by atoms with Gasteiger partial charge in [0.25, 0.3) is 11.6 Å². The van der Waals surface area contributed by atoms with Crippen molar-refractivity contribution in [2.75, 3.05) is 0 Å². The van der Waals surface area contributed by atoms with E-state index >= 15 is 0 Å². The summed E-state index contributed by atoms with van der Waals surface area (Å²) in [7, 11) is 0. The fraction of sp³-hybridized carbons (Fsp3) is 0.133. The van der Waals surface area contributed by atoms with Gasteiger partial charge in [0.15, 0.2) is 0 Å². The van der Waals surface area contributed by atoms with Gasteiger partial charge in [-0.25, -0.2) is 0 Å². The minimum absolute atomic E-state index is 0.0574. The largest absolute Gasteiger partial charge is 0.345 e. The van der Waals surface area contributed by atoms with E-state index in [2.05, 4.69) is 5.32 Å². The summed E-state index contributed by atoms with van der Waals surface area (Å²) in [5.41, 5.74) is 1.03. The van der Waals surface area contributed by atoms with Gasteiger partial charge in [0, 0.05) is 12.1 Å². The molecule has 0 aliphatic carbocycles. The molecule has 0 saturated heterocycles. The molecule has 6 heteroatoms. The third-order valence-electron chi connectivity index (χ3n) is 3.06. The van der Waals surface area contributed by atoms with Crippen molar-refractivity contribution < 1.29 is 9.72 Å². The lowest BCUT2D eigenvalue weighted by atomic mass is 10.1. The molecule has 1 amide bonds. The molecule has 0 aliphatic rings. The molecule has 0 saturated carbocycles. The number of carbonyl (C=O) groups excluding carboxylic acids is 1. The molecule has 1 atom stereocenters. The van der Waals surface area contributed by atoms with Crippen LogP contribution in [0.4, 0.5) is 5.69 Å². The van der Waals surface area contributed by atoms with Gasteiger partial charge in [-0.05, 0) is 18.6 Å². The quantitative estimate of drug-likeness (QED) is 0.691. The van der Waals surface area contributed by atoms with Gasteiger partial charge >= 0.3 is 0 Å². The number of hydrogen-bond donors (Lipinski definition) is 1. The van der Waals surface area contributed by atoms with E-state index < -0.39 is 4.92 Å². The molecule has 21 heavy (non-hydrogen) atoms. The van der Waals surface area contributed by atoms with E-state index in [0.717, 1.165) is 5.56 Å². The SMILES string of the molecule is CC(NC(=O)c1ccc([N+](=O)[O-])cc1Cl)c1ccccc1. The van der Waals surface area contributed by atoms with E-state index in [4.69, 9.17) is 11.6 Å². The lowest BCUT2D eigenvalue weighted by molar-refractivity contribution is -0.384. The van der Waals surface area contributed by atoms with Gasteiger partial charge in [0.1, 0.15) is 0 Å². The first-order valence-corrected chi connectivity index (χ1v) is 6.66. The Kier molecular flexibility index (Phi) is 4.55. The number of nitrogens with zero attached hydrogens (tertiary/aromatic N) is 1. The maximum absolute atomic E-state index is 12.2. The van der Waals surface area contributed by atoms with Gasteiger partial charge in [-0.15, -0.1) is 0 Å². The fourth-order valence-corrected chi connectivity index (χ4v) is 2.16. The van der Waals surface area contributed by atoms with Crippen LogP contribution < -0.4 is 5.32 Å². The molecule has 0 radical (unpaired) electrons. The highest BCUT2D eigenvalue weighted by Crippen LogP contribution is 2.23. The van der Waals surface area contributed by atoms with E-state index in [1.165, 1.54) is 18.2 Å². The molecule has 2 rings (SSSR count). The van der Waals surface area contributed by atoms with Crippen molar-refractivity contribution in [2.24, 2.45) is 0 Å². The monoisotopic (exact) mass is 304 g/mol. The number of hydrogen-bond acceptors (Lipinski definition) is 3.